The molecule has 1 amide bonds. The van der Waals surface area contributed by atoms with E-state index in [2.05, 4.69) is 51.9 Å². The third kappa shape index (κ3) is 3.88. The van der Waals surface area contributed by atoms with Crippen LogP contribution in [0.15, 0.2) is 30.5 Å². The topological polar surface area (TPSA) is 78.9 Å². The molecule has 0 radical (unpaired) electrons. The summed E-state index contributed by atoms with van der Waals surface area (Å²) in [5.41, 5.74) is 3.93. The summed E-state index contributed by atoms with van der Waals surface area (Å²) in [4.78, 5) is 20.1. The number of carbonyl (C=O) groups excluding carboxylic acids is 1. The number of hydrogen-bond donors (Lipinski definition) is 3. The average Bonchev–Trinajstić information content (AvgIpc) is 2.94. The molecule has 3 N–H and O–H groups in total. The molecule has 0 aliphatic rings. The van der Waals surface area contributed by atoms with E-state index >= 15 is 0 Å². The van der Waals surface area contributed by atoms with Crippen LogP contribution in [0.2, 0.25) is 0 Å². The van der Waals surface area contributed by atoms with Crippen molar-refractivity contribution in [3.8, 4) is 11.1 Å². The highest BCUT2D eigenvalue weighted by Gasteiger charge is 2.10. The first-order chi connectivity index (χ1) is 12.0. The number of nitrogens with zero attached hydrogens (tertiary/aromatic N) is 2. The zero-order valence-electron chi connectivity index (χ0n) is 14.7. The molecule has 3 rings (SSSR count). The molecule has 0 unspecified atom stereocenters. The van der Waals surface area contributed by atoms with Crippen molar-refractivity contribution in [2.75, 3.05) is 23.0 Å². The normalized spacial score (nSPS) is 10.9. The van der Waals surface area contributed by atoms with Crippen molar-refractivity contribution >= 4 is 44.1 Å². The van der Waals surface area contributed by atoms with Crippen molar-refractivity contribution in [3.63, 3.8) is 0 Å². The lowest BCUT2D eigenvalue weighted by Crippen LogP contribution is -2.12. The van der Waals surface area contributed by atoms with E-state index < -0.39 is 0 Å². The van der Waals surface area contributed by atoms with Crippen LogP contribution in [-0.4, -0.2) is 29.0 Å². The fourth-order valence-corrected chi connectivity index (χ4v) is 3.50. The molecule has 1 aromatic carbocycles. The fourth-order valence-electron chi connectivity index (χ4n) is 2.55. The lowest BCUT2D eigenvalue weighted by molar-refractivity contribution is -0.114. The largest absolute Gasteiger partial charge is 0.380 e. The highest BCUT2D eigenvalue weighted by Crippen LogP contribution is 2.32. The summed E-state index contributed by atoms with van der Waals surface area (Å²) < 4.78 is 1.03. The number of anilines is 3. The maximum absolute atomic E-state index is 11.2. The van der Waals surface area contributed by atoms with Crippen LogP contribution in [0.1, 0.15) is 20.8 Å². The van der Waals surface area contributed by atoms with Gasteiger partial charge in [0.1, 0.15) is 5.82 Å². The predicted molar refractivity (Wildman–Crippen MR) is 105 cm³/mol. The third-order valence-electron chi connectivity index (χ3n) is 3.57. The molecule has 2 aromatic heterocycles. The predicted octanol–water partition coefficient (Wildman–Crippen LogP) is 4.18. The van der Waals surface area contributed by atoms with Crippen molar-refractivity contribution < 1.29 is 4.79 Å². The Morgan fingerprint density at radius 2 is 2.00 bits per heavy atom. The number of nitrogens with one attached hydrogen (secondary N) is 3. The lowest BCUT2D eigenvalue weighted by atomic mass is 10.1. The van der Waals surface area contributed by atoms with E-state index in [9.17, 15) is 4.79 Å². The van der Waals surface area contributed by atoms with Crippen molar-refractivity contribution in [1.29, 1.82) is 0 Å². The molecular formula is C18H21N5OS. The Bertz CT molecular complexity index is 919. The van der Waals surface area contributed by atoms with E-state index in [1.54, 1.807) is 0 Å². The minimum atomic E-state index is -0.115. The van der Waals surface area contributed by atoms with Gasteiger partial charge in [-0.1, -0.05) is 17.4 Å². The van der Waals surface area contributed by atoms with Crippen molar-refractivity contribution in [3.05, 3.63) is 30.5 Å². The Balaban J connectivity index is 1.99. The summed E-state index contributed by atoms with van der Waals surface area (Å²) in [6.07, 6.45) is 1.86. The molecule has 0 saturated carbocycles. The van der Waals surface area contributed by atoms with E-state index in [-0.39, 0.29) is 5.91 Å². The van der Waals surface area contributed by atoms with Gasteiger partial charge in [0.25, 0.3) is 0 Å². The van der Waals surface area contributed by atoms with Crippen LogP contribution in [0.4, 0.5) is 16.6 Å². The summed E-state index contributed by atoms with van der Waals surface area (Å²) in [5, 5.41) is 9.88. The number of carbonyl (C=O) groups is 1. The minimum absolute atomic E-state index is 0.115. The van der Waals surface area contributed by atoms with Gasteiger partial charge in [-0.25, -0.2) is 9.97 Å². The molecule has 7 heteroatoms. The summed E-state index contributed by atoms with van der Waals surface area (Å²) in [5.74, 6) is 0.708. The molecule has 0 saturated heterocycles. The van der Waals surface area contributed by atoms with E-state index in [1.807, 2.05) is 25.4 Å². The minimum Gasteiger partial charge on any atom is -0.380 e. The van der Waals surface area contributed by atoms with Crippen LogP contribution in [-0.2, 0) is 4.79 Å². The molecular weight excluding hydrogens is 334 g/mol. The molecule has 0 fully saturated rings. The standard InChI is InChI=1S/C18H21N5OS/c1-10(2)21-15-7-13(9-20-17(15)19-4)12-5-6-14-16(8-12)25-18(23-14)22-11(3)24/h5-10,21H,1-4H3,(H,19,20)(H,22,23,24). The molecule has 3 aromatic rings. The smallest absolute Gasteiger partial charge is 0.223 e. The van der Waals surface area contributed by atoms with Gasteiger partial charge in [-0.2, -0.15) is 0 Å². The Labute approximate surface area is 150 Å². The van der Waals surface area contributed by atoms with Crippen LogP contribution in [0, 0.1) is 0 Å². The number of fused-ring (bicyclic) bond motifs is 1. The second-order valence-corrected chi connectivity index (χ2v) is 7.08. The Hall–Kier alpha value is -2.67. The molecule has 0 spiro atoms. The molecule has 130 valence electrons. The average molecular weight is 355 g/mol. The summed E-state index contributed by atoms with van der Waals surface area (Å²) in [6, 6.07) is 8.47. The van der Waals surface area contributed by atoms with Crippen molar-refractivity contribution in [2.45, 2.75) is 26.8 Å². The number of rotatable bonds is 5. The number of amides is 1. The van der Waals surface area contributed by atoms with Crippen LogP contribution in [0.5, 0.6) is 0 Å². The quantitative estimate of drug-likeness (QED) is 0.640. The van der Waals surface area contributed by atoms with Gasteiger partial charge in [-0.05, 0) is 37.6 Å². The maximum Gasteiger partial charge on any atom is 0.223 e. The van der Waals surface area contributed by atoms with Crippen LogP contribution < -0.4 is 16.0 Å². The highest BCUT2D eigenvalue weighted by molar-refractivity contribution is 7.22. The molecule has 2 heterocycles. The van der Waals surface area contributed by atoms with E-state index in [1.165, 1.54) is 18.3 Å². The Kier molecular flexibility index (Phi) is 4.85. The van der Waals surface area contributed by atoms with Gasteiger partial charge in [0, 0.05) is 31.8 Å². The van der Waals surface area contributed by atoms with Gasteiger partial charge in [0.2, 0.25) is 5.91 Å². The number of hydrogen-bond acceptors (Lipinski definition) is 6. The van der Waals surface area contributed by atoms with Gasteiger partial charge in [0.15, 0.2) is 5.13 Å². The van der Waals surface area contributed by atoms with Crippen molar-refractivity contribution in [2.24, 2.45) is 0 Å². The van der Waals surface area contributed by atoms with Gasteiger partial charge in [-0.15, -0.1) is 0 Å². The van der Waals surface area contributed by atoms with Crippen LogP contribution in [0.25, 0.3) is 21.3 Å². The van der Waals surface area contributed by atoms with Gasteiger partial charge in [0.05, 0.1) is 15.9 Å². The maximum atomic E-state index is 11.2. The van der Waals surface area contributed by atoms with E-state index in [4.69, 9.17) is 0 Å². The van der Waals surface area contributed by atoms with E-state index in [0.29, 0.717) is 11.2 Å². The van der Waals surface area contributed by atoms with Crippen LogP contribution in [0.3, 0.4) is 0 Å². The summed E-state index contributed by atoms with van der Waals surface area (Å²) >= 11 is 1.47. The Morgan fingerprint density at radius 1 is 1.20 bits per heavy atom. The van der Waals surface area contributed by atoms with Crippen molar-refractivity contribution in [1.82, 2.24) is 9.97 Å². The Morgan fingerprint density at radius 3 is 2.68 bits per heavy atom. The highest BCUT2D eigenvalue weighted by atomic mass is 32.1. The third-order valence-corrected chi connectivity index (χ3v) is 4.51. The number of thiazole rings is 1. The van der Waals surface area contributed by atoms with Gasteiger partial charge < -0.3 is 16.0 Å². The van der Waals surface area contributed by atoms with Crippen LogP contribution >= 0.6 is 11.3 Å². The first kappa shape index (κ1) is 17.2. The van der Waals surface area contributed by atoms with Gasteiger partial charge >= 0.3 is 0 Å². The molecule has 0 bridgehead atoms. The molecule has 0 aliphatic carbocycles. The number of aromatic nitrogens is 2. The zero-order valence-corrected chi connectivity index (χ0v) is 15.5. The van der Waals surface area contributed by atoms with Gasteiger partial charge in [-0.3, -0.25) is 4.79 Å². The number of benzene rings is 1. The molecule has 25 heavy (non-hydrogen) atoms. The molecule has 0 atom stereocenters. The van der Waals surface area contributed by atoms with E-state index in [0.717, 1.165) is 32.8 Å². The summed E-state index contributed by atoms with van der Waals surface area (Å²) in [7, 11) is 1.86. The second kappa shape index (κ2) is 7.06. The first-order valence-electron chi connectivity index (χ1n) is 8.09. The SMILES string of the molecule is CNc1ncc(-c2ccc3nc(NC(C)=O)sc3c2)cc1NC(C)C. The monoisotopic (exact) mass is 355 g/mol. The second-order valence-electron chi connectivity index (χ2n) is 6.05. The first-order valence-corrected chi connectivity index (χ1v) is 8.91. The molecule has 0 aliphatic heterocycles. The summed E-state index contributed by atoms with van der Waals surface area (Å²) in [6.45, 7) is 5.67. The zero-order chi connectivity index (χ0) is 18.0. The number of pyridine rings is 1. The lowest BCUT2D eigenvalue weighted by Gasteiger charge is -2.15. The molecule has 6 nitrogen and oxygen atoms in total. The fraction of sp³-hybridized carbons (Fsp3) is 0.278.